The Morgan fingerprint density at radius 3 is 2.05 bits per heavy atom. The molecule has 0 aliphatic rings. The van der Waals surface area contributed by atoms with E-state index in [1.165, 1.54) is 24.3 Å². The highest BCUT2D eigenvalue weighted by Gasteiger charge is 2.27. The highest BCUT2D eigenvalue weighted by Crippen LogP contribution is 2.27. The number of rotatable bonds is 9. The van der Waals surface area contributed by atoms with Crippen LogP contribution < -0.4 is 14.3 Å². The molecule has 0 saturated heterocycles. The topological polar surface area (TPSA) is 113 Å². The van der Waals surface area contributed by atoms with Crippen LogP contribution in [0.5, 0.6) is 0 Å². The Morgan fingerprint density at radius 1 is 0.738 bits per heavy atom. The van der Waals surface area contributed by atoms with Gasteiger partial charge in [-0.2, -0.15) is 0 Å². The van der Waals surface area contributed by atoms with E-state index in [-0.39, 0.29) is 21.2 Å². The first-order valence-corrected chi connectivity index (χ1v) is 15.7. The van der Waals surface area contributed by atoms with Crippen molar-refractivity contribution in [3.63, 3.8) is 0 Å². The summed E-state index contributed by atoms with van der Waals surface area (Å²) in [5, 5.41) is 4.26. The van der Waals surface area contributed by atoms with Gasteiger partial charge in [-0.25, -0.2) is 21.2 Å². The van der Waals surface area contributed by atoms with Crippen LogP contribution in [0.15, 0.2) is 125 Å². The van der Waals surface area contributed by atoms with Crippen molar-refractivity contribution in [2.24, 2.45) is 0 Å². The van der Waals surface area contributed by atoms with Crippen molar-refractivity contribution >= 4 is 53.8 Å². The molecule has 11 heteroatoms. The molecular weight excluding hydrogens is 577 g/mol. The highest BCUT2D eigenvalue weighted by molar-refractivity contribution is 7.93. The maximum atomic E-state index is 13.5. The van der Waals surface area contributed by atoms with E-state index in [1.807, 2.05) is 37.3 Å². The summed E-state index contributed by atoms with van der Waals surface area (Å²) in [5.74, 6) is -1.25. The molecule has 0 atom stereocenters. The minimum absolute atomic E-state index is 0.0198. The number of halogens is 1. The summed E-state index contributed by atoms with van der Waals surface area (Å²) in [6.07, 6.45) is 0. The summed E-state index contributed by atoms with van der Waals surface area (Å²) in [4.78, 5) is 12.8. The molecule has 0 saturated carbocycles. The number of carbonyl (C=O) groups is 1. The predicted molar refractivity (Wildman–Crippen MR) is 162 cm³/mol. The van der Waals surface area contributed by atoms with Crippen molar-refractivity contribution < 1.29 is 26.0 Å². The SMILES string of the molecule is Cc1ccc(N(CC(=O)Nc2ccc(S(=O)(=O)Nc3cccc4ccccc34)cc2)S(=O)(=O)c2ccc(F)cc2)cc1. The number of benzene rings is 5. The van der Waals surface area contributed by atoms with Crippen molar-refractivity contribution in [1.82, 2.24) is 0 Å². The molecule has 8 nitrogen and oxygen atoms in total. The second-order valence-corrected chi connectivity index (χ2v) is 13.1. The van der Waals surface area contributed by atoms with Crippen molar-refractivity contribution in [2.45, 2.75) is 16.7 Å². The van der Waals surface area contributed by atoms with Gasteiger partial charge in [-0.1, -0.05) is 54.1 Å². The van der Waals surface area contributed by atoms with E-state index >= 15 is 0 Å². The molecule has 42 heavy (non-hydrogen) atoms. The van der Waals surface area contributed by atoms with Crippen LogP contribution in [0.2, 0.25) is 0 Å². The Morgan fingerprint density at radius 2 is 1.36 bits per heavy atom. The third kappa shape index (κ3) is 6.27. The van der Waals surface area contributed by atoms with E-state index in [0.717, 1.165) is 44.9 Å². The first-order valence-electron chi connectivity index (χ1n) is 12.8. The van der Waals surface area contributed by atoms with Gasteiger partial charge in [0.1, 0.15) is 12.4 Å². The summed E-state index contributed by atoms with van der Waals surface area (Å²) in [6, 6.07) is 29.1. The first kappa shape index (κ1) is 28.8. The number of hydrogen-bond donors (Lipinski definition) is 2. The Labute approximate surface area is 243 Å². The lowest BCUT2D eigenvalue weighted by Crippen LogP contribution is -2.38. The van der Waals surface area contributed by atoms with E-state index in [4.69, 9.17) is 0 Å². The molecule has 0 aliphatic heterocycles. The molecule has 214 valence electrons. The van der Waals surface area contributed by atoms with Gasteiger partial charge in [0.2, 0.25) is 5.91 Å². The van der Waals surface area contributed by atoms with Gasteiger partial charge in [0, 0.05) is 11.1 Å². The van der Waals surface area contributed by atoms with Crippen LogP contribution in [0, 0.1) is 12.7 Å². The molecule has 0 spiro atoms. The standard InChI is InChI=1S/C31H26FN3O5S2/c1-22-9-15-26(16-10-22)35(42(39,40)28-17-11-24(32)12-18-28)21-31(36)33-25-13-19-27(20-14-25)41(37,38)34-30-8-4-6-23-5-2-3-7-29(23)30/h2-20,34H,21H2,1H3,(H,33,36). The van der Waals surface area contributed by atoms with Crippen LogP contribution in [0.3, 0.4) is 0 Å². The number of amides is 1. The van der Waals surface area contributed by atoms with E-state index in [9.17, 15) is 26.0 Å². The van der Waals surface area contributed by atoms with E-state index in [2.05, 4.69) is 10.0 Å². The fourth-order valence-electron chi connectivity index (χ4n) is 4.33. The zero-order chi connectivity index (χ0) is 29.9. The normalized spacial score (nSPS) is 11.7. The highest BCUT2D eigenvalue weighted by atomic mass is 32.2. The molecule has 0 heterocycles. The Hall–Kier alpha value is -4.74. The number of anilines is 3. The van der Waals surface area contributed by atoms with Gasteiger partial charge in [0.15, 0.2) is 0 Å². The number of hydrogen-bond acceptors (Lipinski definition) is 5. The number of carbonyl (C=O) groups excluding carboxylic acids is 1. The summed E-state index contributed by atoms with van der Waals surface area (Å²) >= 11 is 0. The average molecular weight is 604 g/mol. The molecule has 5 aromatic rings. The number of fused-ring (bicyclic) bond motifs is 1. The molecule has 0 unspecified atom stereocenters. The van der Waals surface area contributed by atoms with Gasteiger partial charge in [0.25, 0.3) is 20.0 Å². The summed E-state index contributed by atoms with van der Waals surface area (Å²) in [7, 11) is -8.16. The zero-order valence-corrected chi connectivity index (χ0v) is 24.0. The lowest BCUT2D eigenvalue weighted by Gasteiger charge is -2.24. The second-order valence-electron chi connectivity index (χ2n) is 9.51. The van der Waals surface area contributed by atoms with Crippen LogP contribution in [-0.2, 0) is 24.8 Å². The molecule has 0 aliphatic carbocycles. The fraction of sp³-hybridized carbons (Fsp3) is 0.0645. The third-order valence-electron chi connectivity index (χ3n) is 6.49. The van der Waals surface area contributed by atoms with Crippen molar-refractivity contribution in [2.75, 3.05) is 20.9 Å². The Bertz CT molecular complexity index is 1960. The minimum Gasteiger partial charge on any atom is -0.325 e. The maximum absolute atomic E-state index is 13.5. The zero-order valence-electron chi connectivity index (χ0n) is 22.4. The van der Waals surface area contributed by atoms with Crippen molar-refractivity contribution in [3.8, 4) is 0 Å². The van der Waals surface area contributed by atoms with Gasteiger partial charge in [0.05, 0.1) is 21.2 Å². The predicted octanol–water partition coefficient (Wildman–Crippen LogP) is 5.92. The van der Waals surface area contributed by atoms with Gasteiger partial charge in [-0.3, -0.25) is 13.8 Å². The Kier molecular flexibility index (Phi) is 7.97. The van der Waals surface area contributed by atoms with Gasteiger partial charge >= 0.3 is 0 Å². The summed E-state index contributed by atoms with van der Waals surface area (Å²) < 4.78 is 70.1. The minimum atomic E-state index is -4.22. The smallest absolute Gasteiger partial charge is 0.264 e. The summed E-state index contributed by atoms with van der Waals surface area (Å²) in [6.45, 7) is 1.27. The van der Waals surface area contributed by atoms with E-state index < -0.39 is 38.3 Å². The molecular formula is C31H26FN3O5S2. The van der Waals surface area contributed by atoms with Crippen LogP contribution in [0.1, 0.15) is 5.56 Å². The molecule has 2 N–H and O–H groups in total. The van der Waals surface area contributed by atoms with Gasteiger partial charge in [-0.05, 0) is 79.0 Å². The van der Waals surface area contributed by atoms with Gasteiger partial charge in [-0.15, -0.1) is 0 Å². The van der Waals surface area contributed by atoms with Crippen LogP contribution in [0.25, 0.3) is 10.8 Å². The lowest BCUT2D eigenvalue weighted by molar-refractivity contribution is -0.114. The molecule has 0 radical (unpaired) electrons. The number of aryl methyl sites for hydroxylation is 1. The molecule has 0 bridgehead atoms. The van der Waals surface area contributed by atoms with Crippen LogP contribution in [-0.4, -0.2) is 29.3 Å². The molecule has 0 fully saturated rings. The molecule has 1 amide bonds. The number of nitrogens with zero attached hydrogens (tertiary/aromatic N) is 1. The number of sulfonamides is 2. The average Bonchev–Trinajstić information content (AvgIpc) is 2.97. The maximum Gasteiger partial charge on any atom is 0.264 e. The Balaban J connectivity index is 1.34. The third-order valence-corrected chi connectivity index (χ3v) is 9.66. The van der Waals surface area contributed by atoms with Crippen molar-refractivity contribution in [1.29, 1.82) is 0 Å². The van der Waals surface area contributed by atoms with E-state index in [0.29, 0.717) is 5.69 Å². The van der Waals surface area contributed by atoms with Crippen molar-refractivity contribution in [3.05, 3.63) is 127 Å². The van der Waals surface area contributed by atoms with Crippen LogP contribution >= 0.6 is 0 Å². The van der Waals surface area contributed by atoms with Crippen LogP contribution in [0.4, 0.5) is 21.5 Å². The monoisotopic (exact) mass is 603 g/mol. The second kappa shape index (κ2) is 11.6. The quantitative estimate of drug-likeness (QED) is 0.217. The molecule has 5 rings (SSSR count). The fourth-order valence-corrected chi connectivity index (χ4v) is 6.83. The largest absolute Gasteiger partial charge is 0.325 e. The van der Waals surface area contributed by atoms with E-state index in [1.54, 1.807) is 36.4 Å². The number of nitrogens with one attached hydrogen (secondary N) is 2. The first-order chi connectivity index (χ1) is 20.0. The summed E-state index contributed by atoms with van der Waals surface area (Å²) in [5.41, 5.74) is 1.85. The lowest BCUT2D eigenvalue weighted by atomic mass is 10.1. The van der Waals surface area contributed by atoms with Gasteiger partial charge < -0.3 is 5.32 Å². The molecule has 5 aromatic carbocycles. The molecule has 0 aromatic heterocycles.